The molecule has 1 aliphatic heterocycles. The predicted molar refractivity (Wildman–Crippen MR) is 82.8 cm³/mol. The minimum atomic E-state index is -0.629. The highest BCUT2D eigenvalue weighted by atomic mass is 35.5. The first-order chi connectivity index (χ1) is 9.66. The Morgan fingerprint density at radius 3 is 2.70 bits per heavy atom. The second-order valence-electron chi connectivity index (χ2n) is 4.81. The highest BCUT2D eigenvalue weighted by molar-refractivity contribution is 6.31. The SMILES string of the molecule is CN1c2ccc(Cl)cc2C(c2ccccc2)=NCC1O. The van der Waals surface area contributed by atoms with Crippen LogP contribution in [0, 0.1) is 0 Å². The lowest BCUT2D eigenvalue weighted by Crippen LogP contribution is -2.33. The molecule has 0 radical (unpaired) electrons. The molecule has 0 saturated heterocycles. The fourth-order valence-electron chi connectivity index (χ4n) is 2.39. The average molecular weight is 287 g/mol. The Morgan fingerprint density at radius 1 is 1.20 bits per heavy atom. The van der Waals surface area contributed by atoms with E-state index in [0.29, 0.717) is 11.6 Å². The number of aliphatic hydroxyl groups is 1. The van der Waals surface area contributed by atoms with Gasteiger partial charge in [0.05, 0.1) is 12.3 Å². The lowest BCUT2D eigenvalue weighted by Gasteiger charge is -2.24. The Morgan fingerprint density at radius 2 is 1.95 bits per heavy atom. The number of fused-ring (bicyclic) bond motifs is 1. The number of aliphatic imine (C=N–C) groups is 1. The summed E-state index contributed by atoms with van der Waals surface area (Å²) in [5, 5.41) is 10.8. The third-order valence-corrected chi connectivity index (χ3v) is 3.74. The van der Waals surface area contributed by atoms with Crippen molar-refractivity contribution in [1.82, 2.24) is 0 Å². The van der Waals surface area contributed by atoms with Gasteiger partial charge in [0.25, 0.3) is 0 Å². The van der Waals surface area contributed by atoms with Crippen LogP contribution in [-0.2, 0) is 0 Å². The summed E-state index contributed by atoms with van der Waals surface area (Å²) in [5.74, 6) is 0. The van der Waals surface area contributed by atoms with Crippen LogP contribution in [0.3, 0.4) is 0 Å². The van der Waals surface area contributed by atoms with Gasteiger partial charge < -0.3 is 10.0 Å². The highest BCUT2D eigenvalue weighted by Crippen LogP contribution is 2.29. The minimum absolute atomic E-state index is 0.340. The number of nitrogens with zero attached hydrogens (tertiary/aromatic N) is 2. The van der Waals surface area contributed by atoms with E-state index >= 15 is 0 Å². The van der Waals surface area contributed by atoms with Crippen molar-refractivity contribution in [3.8, 4) is 0 Å². The largest absolute Gasteiger partial charge is 0.372 e. The van der Waals surface area contributed by atoms with Gasteiger partial charge in [-0.2, -0.15) is 0 Å². The Labute approximate surface area is 123 Å². The maximum Gasteiger partial charge on any atom is 0.146 e. The first kappa shape index (κ1) is 13.2. The van der Waals surface area contributed by atoms with Crippen molar-refractivity contribution < 1.29 is 5.11 Å². The Kier molecular flexibility index (Phi) is 3.47. The van der Waals surface area contributed by atoms with Gasteiger partial charge in [-0.1, -0.05) is 41.9 Å². The van der Waals surface area contributed by atoms with E-state index in [0.717, 1.165) is 22.5 Å². The molecule has 2 aromatic rings. The molecule has 20 heavy (non-hydrogen) atoms. The van der Waals surface area contributed by atoms with E-state index in [4.69, 9.17) is 11.6 Å². The van der Waals surface area contributed by atoms with Crippen molar-refractivity contribution >= 4 is 23.0 Å². The molecule has 1 aliphatic rings. The third-order valence-electron chi connectivity index (χ3n) is 3.50. The smallest absolute Gasteiger partial charge is 0.146 e. The van der Waals surface area contributed by atoms with Crippen LogP contribution >= 0.6 is 11.6 Å². The van der Waals surface area contributed by atoms with Gasteiger partial charge in [-0.15, -0.1) is 0 Å². The van der Waals surface area contributed by atoms with Gasteiger partial charge in [-0.05, 0) is 18.2 Å². The zero-order valence-electron chi connectivity index (χ0n) is 11.1. The number of benzene rings is 2. The predicted octanol–water partition coefficient (Wildman–Crippen LogP) is 2.95. The van der Waals surface area contributed by atoms with Crippen molar-refractivity contribution in [3.63, 3.8) is 0 Å². The molecule has 0 spiro atoms. The molecule has 102 valence electrons. The molecule has 3 nitrogen and oxygen atoms in total. The summed E-state index contributed by atoms with van der Waals surface area (Å²) in [5.41, 5.74) is 3.77. The van der Waals surface area contributed by atoms with Crippen LogP contribution in [0.1, 0.15) is 11.1 Å². The highest BCUT2D eigenvalue weighted by Gasteiger charge is 2.22. The molecule has 1 atom stereocenters. The Balaban J connectivity index is 2.20. The number of anilines is 1. The third kappa shape index (κ3) is 2.30. The first-order valence-electron chi connectivity index (χ1n) is 6.47. The number of hydrogen-bond donors (Lipinski definition) is 1. The first-order valence-corrected chi connectivity index (χ1v) is 6.85. The van der Waals surface area contributed by atoms with Crippen LogP contribution in [0.4, 0.5) is 5.69 Å². The van der Waals surface area contributed by atoms with Gasteiger partial charge in [0.2, 0.25) is 0 Å². The van der Waals surface area contributed by atoms with E-state index in [1.165, 1.54) is 0 Å². The number of rotatable bonds is 1. The quantitative estimate of drug-likeness (QED) is 0.875. The molecule has 4 heteroatoms. The Hall–Kier alpha value is -1.84. The zero-order chi connectivity index (χ0) is 14.1. The standard InChI is InChI=1S/C16H15ClN2O/c1-19-14-8-7-12(17)9-13(14)16(18-10-15(19)20)11-5-3-2-4-6-11/h2-9,15,20H,10H2,1H3. The number of hydrogen-bond acceptors (Lipinski definition) is 3. The molecule has 2 aromatic carbocycles. The summed E-state index contributed by atoms with van der Waals surface area (Å²) in [7, 11) is 1.86. The van der Waals surface area contributed by atoms with Crippen LogP contribution in [0.2, 0.25) is 5.02 Å². The van der Waals surface area contributed by atoms with Crippen molar-refractivity contribution in [1.29, 1.82) is 0 Å². The molecule has 0 saturated carbocycles. The summed E-state index contributed by atoms with van der Waals surface area (Å²) in [6.45, 7) is 0.340. The second kappa shape index (κ2) is 5.27. The number of aliphatic hydroxyl groups excluding tert-OH is 1. The van der Waals surface area contributed by atoms with E-state index in [2.05, 4.69) is 4.99 Å². The van der Waals surface area contributed by atoms with Gasteiger partial charge >= 0.3 is 0 Å². The summed E-state index contributed by atoms with van der Waals surface area (Å²) >= 11 is 6.13. The molecule has 1 unspecified atom stereocenters. The van der Waals surface area contributed by atoms with E-state index in [-0.39, 0.29) is 0 Å². The van der Waals surface area contributed by atoms with Crippen LogP contribution in [-0.4, -0.2) is 30.6 Å². The molecule has 0 aliphatic carbocycles. The monoisotopic (exact) mass is 286 g/mol. The number of likely N-dealkylation sites (N-methyl/N-ethyl adjacent to an activating group) is 1. The number of halogens is 1. The maximum absolute atomic E-state index is 10.1. The van der Waals surface area contributed by atoms with Crippen LogP contribution in [0.5, 0.6) is 0 Å². The van der Waals surface area contributed by atoms with Gasteiger partial charge in [0.15, 0.2) is 0 Å². The molecular weight excluding hydrogens is 272 g/mol. The summed E-state index contributed by atoms with van der Waals surface area (Å²) < 4.78 is 0. The van der Waals surface area contributed by atoms with Crippen molar-refractivity contribution in [2.45, 2.75) is 6.23 Å². The Bertz CT molecular complexity index is 655. The maximum atomic E-state index is 10.1. The molecule has 1 heterocycles. The van der Waals surface area contributed by atoms with E-state index < -0.39 is 6.23 Å². The summed E-state index contributed by atoms with van der Waals surface area (Å²) in [6.07, 6.45) is -0.629. The van der Waals surface area contributed by atoms with Gasteiger partial charge in [-0.25, -0.2) is 0 Å². The molecular formula is C16H15ClN2O. The van der Waals surface area contributed by atoms with Gasteiger partial charge in [0.1, 0.15) is 6.23 Å². The topological polar surface area (TPSA) is 35.8 Å². The molecule has 3 rings (SSSR count). The summed E-state index contributed by atoms with van der Waals surface area (Å²) in [6, 6.07) is 15.6. The lowest BCUT2D eigenvalue weighted by atomic mass is 10.0. The van der Waals surface area contributed by atoms with Crippen molar-refractivity contribution in [2.75, 3.05) is 18.5 Å². The normalized spacial score (nSPS) is 18.2. The van der Waals surface area contributed by atoms with E-state index in [1.54, 1.807) is 0 Å². The van der Waals surface area contributed by atoms with Crippen molar-refractivity contribution in [2.24, 2.45) is 4.99 Å². The number of benzodiazepines with no additional fused rings is 1. The van der Waals surface area contributed by atoms with Crippen LogP contribution in [0.15, 0.2) is 53.5 Å². The zero-order valence-corrected chi connectivity index (χ0v) is 11.9. The van der Waals surface area contributed by atoms with Gasteiger partial charge in [-0.3, -0.25) is 4.99 Å². The molecule has 0 amide bonds. The van der Waals surface area contributed by atoms with Crippen molar-refractivity contribution in [3.05, 3.63) is 64.7 Å². The summed E-state index contributed by atoms with van der Waals surface area (Å²) in [4.78, 5) is 6.40. The second-order valence-corrected chi connectivity index (χ2v) is 5.24. The lowest BCUT2D eigenvalue weighted by molar-refractivity contribution is 0.184. The fourth-order valence-corrected chi connectivity index (χ4v) is 2.56. The van der Waals surface area contributed by atoms with Crippen LogP contribution < -0.4 is 4.90 Å². The molecule has 0 aromatic heterocycles. The molecule has 0 bridgehead atoms. The average Bonchev–Trinajstić information content (AvgIpc) is 2.58. The minimum Gasteiger partial charge on any atom is -0.372 e. The fraction of sp³-hybridized carbons (Fsp3) is 0.188. The van der Waals surface area contributed by atoms with E-state index in [9.17, 15) is 5.11 Å². The van der Waals surface area contributed by atoms with Crippen LogP contribution in [0.25, 0.3) is 0 Å². The van der Waals surface area contributed by atoms with Gasteiger partial charge in [0, 0.05) is 28.9 Å². The van der Waals surface area contributed by atoms with E-state index in [1.807, 2.05) is 60.5 Å². The molecule has 1 N–H and O–H groups in total. The molecule has 0 fully saturated rings.